The molecular formula is C19H16F6N2O2. The minimum absolute atomic E-state index is 0.0210. The Balaban J connectivity index is 2.00. The number of nitrogens with zero attached hydrogens (tertiary/aromatic N) is 2. The summed E-state index contributed by atoms with van der Waals surface area (Å²) in [5.74, 6) is 0. The Bertz CT molecular complexity index is 948. The molecular weight excluding hydrogens is 402 g/mol. The smallest absolute Gasteiger partial charge is 0.416 e. The fraction of sp³-hybridized carbons (Fsp3) is 0.316. The van der Waals surface area contributed by atoms with Crippen LogP contribution < -0.4 is 4.90 Å². The lowest BCUT2D eigenvalue weighted by molar-refractivity contribution is -0.143. The Labute approximate surface area is 161 Å². The van der Waals surface area contributed by atoms with Crippen molar-refractivity contribution in [2.75, 3.05) is 18.1 Å². The van der Waals surface area contributed by atoms with Crippen molar-refractivity contribution in [3.05, 3.63) is 59.2 Å². The Morgan fingerprint density at radius 2 is 1.69 bits per heavy atom. The minimum atomic E-state index is -4.97. The molecule has 0 saturated carbocycles. The normalized spacial score (nSPS) is 12.5. The van der Waals surface area contributed by atoms with Gasteiger partial charge in [0.15, 0.2) is 5.58 Å². The van der Waals surface area contributed by atoms with E-state index in [0.717, 1.165) is 6.07 Å². The summed E-state index contributed by atoms with van der Waals surface area (Å²) in [6.45, 7) is -0.517. The summed E-state index contributed by atoms with van der Waals surface area (Å²) in [6, 6.07) is 8.25. The monoisotopic (exact) mass is 418 g/mol. The number of aliphatic hydroxyl groups excluding tert-OH is 1. The van der Waals surface area contributed by atoms with Crippen LogP contribution in [0.4, 0.5) is 32.4 Å². The van der Waals surface area contributed by atoms with Gasteiger partial charge in [-0.1, -0.05) is 18.2 Å². The van der Waals surface area contributed by atoms with Crippen LogP contribution in [0.2, 0.25) is 0 Å². The van der Waals surface area contributed by atoms with E-state index in [9.17, 15) is 26.3 Å². The molecule has 10 heteroatoms. The van der Waals surface area contributed by atoms with Crippen LogP contribution in [-0.2, 0) is 18.9 Å². The van der Waals surface area contributed by atoms with Gasteiger partial charge < -0.3 is 14.4 Å². The van der Waals surface area contributed by atoms with E-state index in [-0.39, 0.29) is 43.8 Å². The zero-order valence-electron chi connectivity index (χ0n) is 14.9. The maximum atomic E-state index is 13.4. The third-order valence-corrected chi connectivity index (χ3v) is 4.24. The van der Waals surface area contributed by atoms with Crippen molar-refractivity contribution >= 4 is 17.1 Å². The standard InChI is InChI=1S/C19H16F6N2O2/c20-18(21,22)13-7-6-12(14(10-13)19(23,24)25)11-27(8-3-9-28)17-26-15-4-1-2-5-16(15)29-17/h1-2,4-7,10,28H,3,8-9,11H2. The van der Waals surface area contributed by atoms with Gasteiger partial charge in [0.25, 0.3) is 6.01 Å². The molecule has 1 N–H and O–H groups in total. The molecule has 0 fully saturated rings. The summed E-state index contributed by atoms with van der Waals surface area (Å²) >= 11 is 0. The summed E-state index contributed by atoms with van der Waals surface area (Å²) < 4.78 is 84.5. The molecule has 0 aliphatic heterocycles. The fourth-order valence-corrected chi connectivity index (χ4v) is 2.86. The van der Waals surface area contributed by atoms with E-state index < -0.39 is 23.5 Å². The molecule has 1 heterocycles. The summed E-state index contributed by atoms with van der Waals surface area (Å²) in [5, 5.41) is 9.10. The quantitative estimate of drug-likeness (QED) is 0.556. The molecule has 0 aliphatic rings. The molecule has 0 spiro atoms. The molecule has 1 aromatic heterocycles. The fourth-order valence-electron chi connectivity index (χ4n) is 2.86. The second-order valence-electron chi connectivity index (χ2n) is 6.33. The predicted octanol–water partition coefficient (Wildman–Crippen LogP) is 5.25. The van der Waals surface area contributed by atoms with Gasteiger partial charge >= 0.3 is 12.4 Å². The number of rotatable bonds is 6. The molecule has 0 aliphatic carbocycles. The number of anilines is 1. The van der Waals surface area contributed by atoms with Crippen molar-refractivity contribution in [3.8, 4) is 0 Å². The number of alkyl halides is 6. The van der Waals surface area contributed by atoms with Gasteiger partial charge in [0, 0.05) is 19.7 Å². The number of halogens is 6. The highest BCUT2D eigenvalue weighted by Crippen LogP contribution is 2.38. The van der Waals surface area contributed by atoms with Crippen molar-refractivity contribution in [1.29, 1.82) is 0 Å². The van der Waals surface area contributed by atoms with E-state index in [4.69, 9.17) is 9.52 Å². The van der Waals surface area contributed by atoms with Crippen LogP contribution in [0.25, 0.3) is 11.1 Å². The number of aliphatic hydroxyl groups is 1. The molecule has 0 unspecified atom stereocenters. The van der Waals surface area contributed by atoms with Gasteiger partial charge in [-0.15, -0.1) is 0 Å². The van der Waals surface area contributed by atoms with Gasteiger partial charge in [-0.3, -0.25) is 0 Å². The number of fused-ring (bicyclic) bond motifs is 1. The first-order valence-electron chi connectivity index (χ1n) is 8.58. The molecule has 0 saturated heterocycles. The minimum Gasteiger partial charge on any atom is -0.423 e. The zero-order valence-corrected chi connectivity index (χ0v) is 14.9. The largest absolute Gasteiger partial charge is 0.423 e. The van der Waals surface area contributed by atoms with Gasteiger partial charge in [0.2, 0.25) is 0 Å². The number of aromatic nitrogens is 1. The third-order valence-electron chi connectivity index (χ3n) is 4.24. The van der Waals surface area contributed by atoms with Gasteiger partial charge in [-0.2, -0.15) is 31.3 Å². The second-order valence-corrected chi connectivity index (χ2v) is 6.33. The molecule has 29 heavy (non-hydrogen) atoms. The topological polar surface area (TPSA) is 49.5 Å². The molecule has 0 amide bonds. The highest BCUT2D eigenvalue weighted by Gasteiger charge is 2.38. The Kier molecular flexibility index (Phi) is 5.74. The lowest BCUT2D eigenvalue weighted by Gasteiger charge is -2.23. The van der Waals surface area contributed by atoms with Crippen molar-refractivity contribution < 1.29 is 35.9 Å². The summed E-state index contributed by atoms with van der Waals surface area (Å²) in [6.07, 6.45) is -9.66. The second kappa shape index (κ2) is 7.94. The zero-order chi connectivity index (χ0) is 21.2. The SMILES string of the molecule is OCCCN(Cc1ccc(C(F)(F)F)cc1C(F)(F)F)c1nc2ccccc2o1. The van der Waals surface area contributed by atoms with Crippen molar-refractivity contribution in [1.82, 2.24) is 4.98 Å². The van der Waals surface area contributed by atoms with Crippen LogP contribution in [-0.4, -0.2) is 23.2 Å². The first-order valence-corrected chi connectivity index (χ1v) is 8.58. The Hall–Kier alpha value is -2.75. The van der Waals surface area contributed by atoms with Gasteiger partial charge in [-0.25, -0.2) is 0 Å². The number of oxazole rings is 1. The number of hydrogen-bond donors (Lipinski definition) is 1. The third kappa shape index (κ3) is 4.81. The first-order chi connectivity index (χ1) is 13.6. The van der Waals surface area contributed by atoms with E-state index in [1.807, 2.05) is 0 Å². The van der Waals surface area contributed by atoms with Crippen LogP contribution in [0.5, 0.6) is 0 Å². The van der Waals surface area contributed by atoms with Crippen LogP contribution in [0.15, 0.2) is 46.9 Å². The van der Waals surface area contributed by atoms with Gasteiger partial charge in [0.1, 0.15) is 5.52 Å². The van der Waals surface area contributed by atoms with Gasteiger partial charge in [0.05, 0.1) is 11.1 Å². The van der Waals surface area contributed by atoms with E-state index in [1.165, 1.54) is 4.90 Å². The van der Waals surface area contributed by atoms with Crippen LogP contribution >= 0.6 is 0 Å². The van der Waals surface area contributed by atoms with Crippen LogP contribution in [0.3, 0.4) is 0 Å². The number of para-hydroxylation sites is 2. The maximum Gasteiger partial charge on any atom is 0.416 e. The molecule has 0 atom stereocenters. The average Bonchev–Trinajstić information content (AvgIpc) is 3.07. The summed E-state index contributed by atoms with van der Waals surface area (Å²) in [4.78, 5) is 5.58. The lowest BCUT2D eigenvalue weighted by atomic mass is 10.0. The van der Waals surface area contributed by atoms with E-state index >= 15 is 0 Å². The van der Waals surface area contributed by atoms with Crippen molar-refractivity contribution in [2.45, 2.75) is 25.3 Å². The van der Waals surface area contributed by atoms with E-state index in [0.29, 0.717) is 17.2 Å². The Morgan fingerprint density at radius 1 is 0.966 bits per heavy atom. The first kappa shape index (κ1) is 21.0. The summed E-state index contributed by atoms with van der Waals surface area (Å²) in [5.41, 5.74) is -2.21. The van der Waals surface area contributed by atoms with Crippen molar-refractivity contribution in [2.24, 2.45) is 0 Å². The van der Waals surface area contributed by atoms with Crippen molar-refractivity contribution in [3.63, 3.8) is 0 Å². The van der Waals surface area contributed by atoms with Crippen LogP contribution in [0.1, 0.15) is 23.1 Å². The molecule has 3 rings (SSSR count). The molecule has 0 radical (unpaired) electrons. The summed E-state index contributed by atoms with van der Waals surface area (Å²) in [7, 11) is 0. The molecule has 4 nitrogen and oxygen atoms in total. The van der Waals surface area contributed by atoms with E-state index in [2.05, 4.69) is 4.98 Å². The highest BCUT2D eigenvalue weighted by atomic mass is 19.4. The molecule has 156 valence electrons. The number of hydrogen-bond acceptors (Lipinski definition) is 4. The number of benzene rings is 2. The highest BCUT2D eigenvalue weighted by molar-refractivity contribution is 5.74. The van der Waals surface area contributed by atoms with E-state index in [1.54, 1.807) is 24.3 Å². The predicted molar refractivity (Wildman–Crippen MR) is 93.2 cm³/mol. The van der Waals surface area contributed by atoms with Gasteiger partial charge in [-0.05, 0) is 36.2 Å². The Morgan fingerprint density at radius 3 is 2.31 bits per heavy atom. The molecule has 3 aromatic rings. The lowest BCUT2D eigenvalue weighted by Crippen LogP contribution is -2.27. The molecule has 2 aromatic carbocycles. The average molecular weight is 418 g/mol. The maximum absolute atomic E-state index is 13.4. The van der Waals surface area contributed by atoms with Crippen LogP contribution in [0, 0.1) is 0 Å². The molecule has 0 bridgehead atoms.